The van der Waals surface area contributed by atoms with Gasteiger partial charge >= 0.3 is 0 Å². The fourth-order valence-corrected chi connectivity index (χ4v) is 4.32. The molecule has 6 heteroatoms. The Morgan fingerprint density at radius 1 is 1.10 bits per heavy atom. The Morgan fingerprint density at radius 3 is 2.41 bits per heavy atom. The van der Waals surface area contributed by atoms with E-state index in [-0.39, 0.29) is 30.7 Å². The Labute approximate surface area is 186 Å². The number of aryl methyl sites for hydroxylation is 2. The summed E-state index contributed by atoms with van der Waals surface area (Å²) in [5.41, 5.74) is 5.35. The zero-order valence-electron chi connectivity index (χ0n) is 17.7. The van der Waals surface area contributed by atoms with E-state index >= 15 is 0 Å². The molecule has 4 rings (SSSR count). The lowest BCUT2D eigenvalue weighted by molar-refractivity contribution is 0.0692. The van der Waals surface area contributed by atoms with Gasteiger partial charge in [0, 0.05) is 30.1 Å². The number of fused-ring (bicyclic) bond motifs is 1. The van der Waals surface area contributed by atoms with Gasteiger partial charge in [0.05, 0.1) is 11.1 Å². The van der Waals surface area contributed by atoms with Crippen LogP contribution in [-0.4, -0.2) is 42.0 Å². The molecule has 29 heavy (non-hydrogen) atoms. The van der Waals surface area contributed by atoms with Gasteiger partial charge in [-0.2, -0.15) is 0 Å². The number of pyridine rings is 1. The van der Waals surface area contributed by atoms with E-state index in [9.17, 15) is 4.79 Å². The minimum absolute atomic E-state index is 0. The zero-order chi connectivity index (χ0) is 19.0. The molecule has 0 spiro atoms. The molecule has 1 amide bonds. The lowest BCUT2D eigenvalue weighted by atomic mass is 9.95. The summed E-state index contributed by atoms with van der Waals surface area (Å²) in [6.07, 6.45) is 4.59. The van der Waals surface area contributed by atoms with Crippen LogP contribution < -0.4 is 5.32 Å². The number of amides is 1. The Kier molecular flexibility index (Phi) is 8.33. The number of rotatable bonds is 5. The molecular formula is C23H33Cl2N3O. The molecule has 1 aromatic carbocycles. The number of piperidine rings is 1. The number of likely N-dealkylation sites (tertiary alicyclic amines) is 1. The van der Waals surface area contributed by atoms with Gasteiger partial charge in [-0.05, 0) is 76.2 Å². The normalized spacial score (nSPS) is 17.0. The van der Waals surface area contributed by atoms with Crippen LogP contribution in [0.5, 0.6) is 0 Å². The van der Waals surface area contributed by atoms with Crippen LogP contribution in [0.4, 0.5) is 0 Å². The Bertz CT molecular complexity index is 859. The topological polar surface area (TPSA) is 45.2 Å². The van der Waals surface area contributed by atoms with Crippen LogP contribution in [-0.2, 0) is 0 Å². The summed E-state index contributed by atoms with van der Waals surface area (Å²) in [5, 5.41) is 4.47. The Balaban J connectivity index is 0.00000150. The minimum atomic E-state index is 0. The number of hydrogen-bond donors (Lipinski definition) is 1. The number of aromatic nitrogens is 1. The zero-order valence-corrected chi connectivity index (χ0v) is 19.3. The van der Waals surface area contributed by atoms with Crippen molar-refractivity contribution in [2.45, 2.75) is 52.4 Å². The van der Waals surface area contributed by atoms with Gasteiger partial charge in [-0.3, -0.25) is 9.78 Å². The maximum Gasteiger partial charge on any atom is 0.254 e. The summed E-state index contributed by atoms with van der Waals surface area (Å²) < 4.78 is 0. The number of hydrogen-bond acceptors (Lipinski definition) is 3. The molecule has 1 saturated heterocycles. The van der Waals surface area contributed by atoms with Crippen molar-refractivity contribution >= 4 is 41.6 Å². The first kappa shape index (κ1) is 23.9. The SMILES string of the molecule is CCNCC1CCN(C(=O)c2cc(C3CC3)nc3c(C)cc(C)cc23)CC1.Cl.Cl. The molecule has 1 N–H and O–H groups in total. The number of nitrogens with one attached hydrogen (secondary N) is 1. The second kappa shape index (κ2) is 10.1. The van der Waals surface area contributed by atoms with E-state index in [4.69, 9.17) is 4.98 Å². The number of nitrogens with zero attached hydrogens (tertiary/aromatic N) is 2. The summed E-state index contributed by atoms with van der Waals surface area (Å²) in [6.45, 7) is 10.2. The third-order valence-electron chi connectivity index (χ3n) is 6.08. The number of carbonyl (C=O) groups excluding carboxylic acids is 1. The van der Waals surface area contributed by atoms with Gasteiger partial charge in [0.2, 0.25) is 0 Å². The number of carbonyl (C=O) groups is 1. The molecule has 1 aliphatic carbocycles. The third kappa shape index (κ3) is 5.22. The standard InChI is InChI=1S/C23H31N3O.2ClH/c1-4-24-14-17-7-9-26(10-8-17)23(27)20-13-21(18-5-6-18)25-22-16(3)11-15(2)12-19(20)22;;/h11-13,17-18,24H,4-10,14H2,1-3H3;2*1H. The smallest absolute Gasteiger partial charge is 0.254 e. The van der Waals surface area contributed by atoms with E-state index in [0.717, 1.165) is 61.2 Å². The average Bonchev–Trinajstić information content (AvgIpc) is 3.51. The van der Waals surface area contributed by atoms with Crippen molar-refractivity contribution in [3.8, 4) is 0 Å². The highest BCUT2D eigenvalue weighted by Gasteiger charge is 2.29. The molecule has 1 saturated carbocycles. The summed E-state index contributed by atoms with van der Waals surface area (Å²) in [7, 11) is 0. The maximum absolute atomic E-state index is 13.4. The van der Waals surface area contributed by atoms with Crippen LogP contribution in [0, 0.1) is 19.8 Å². The van der Waals surface area contributed by atoms with Gasteiger partial charge in [0.25, 0.3) is 5.91 Å². The summed E-state index contributed by atoms with van der Waals surface area (Å²) in [6, 6.07) is 6.40. The molecule has 1 aromatic heterocycles. The highest BCUT2D eigenvalue weighted by atomic mass is 35.5. The molecule has 2 aromatic rings. The summed E-state index contributed by atoms with van der Waals surface area (Å²) >= 11 is 0. The molecule has 2 aliphatic rings. The first-order valence-electron chi connectivity index (χ1n) is 10.5. The van der Waals surface area contributed by atoms with Crippen LogP contribution >= 0.6 is 24.8 Å². The highest BCUT2D eigenvalue weighted by Crippen LogP contribution is 2.41. The second-order valence-electron chi connectivity index (χ2n) is 8.39. The van der Waals surface area contributed by atoms with Crippen LogP contribution in [0.2, 0.25) is 0 Å². The number of benzene rings is 1. The van der Waals surface area contributed by atoms with E-state index < -0.39 is 0 Å². The fourth-order valence-electron chi connectivity index (χ4n) is 4.32. The quantitative estimate of drug-likeness (QED) is 0.712. The fraction of sp³-hybridized carbons (Fsp3) is 0.565. The van der Waals surface area contributed by atoms with Gasteiger partial charge in [-0.15, -0.1) is 24.8 Å². The van der Waals surface area contributed by atoms with Crippen LogP contribution in [0.1, 0.15) is 65.7 Å². The van der Waals surface area contributed by atoms with Crippen molar-refractivity contribution in [1.82, 2.24) is 15.2 Å². The second-order valence-corrected chi connectivity index (χ2v) is 8.39. The monoisotopic (exact) mass is 437 g/mol. The molecule has 0 unspecified atom stereocenters. The van der Waals surface area contributed by atoms with E-state index in [1.165, 1.54) is 24.0 Å². The van der Waals surface area contributed by atoms with Crippen molar-refractivity contribution in [3.05, 3.63) is 40.6 Å². The van der Waals surface area contributed by atoms with Crippen LogP contribution in [0.3, 0.4) is 0 Å². The first-order chi connectivity index (χ1) is 13.1. The Morgan fingerprint density at radius 2 is 1.79 bits per heavy atom. The number of halogens is 2. The van der Waals surface area contributed by atoms with E-state index in [1.807, 2.05) is 0 Å². The first-order valence-corrected chi connectivity index (χ1v) is 10.5. The van der Waals surface area contributed by atoms with E-state index in [0.29, 0.717) is 11.8 Å². The molecule has 2 fully saturated rings. The largest absolute Gasteiger partial charge is 0.339 e. The molecular weight excluding hydrogens is 405 g/mol. The molecule has 160 valence electrons. The molecule has 4 nitrogen and oxygen atoms in total. The van der Waals surface area contributed by atoms with Crippen molar-refractivity contribution in [2.24, 2.45) is 5.92 Å². The third-order valence-corrected chi connectivity index (χ3v) is 6.08. The van der Waals surface area contributed by atoms with E-state index in [2.05, 4.69) is 49.2 Å². The minimum Gasteiger partial charge on any atom is -0.339 e. The predicted molar refractivity (Wildman–Crippen MR) is 125 cm³/mol. The maximum atomic E-state index is 13.4. The summed E-state index contributed by atoms with van der Waals surface area (Å²) in [5.74, 6) is 1.43. The van der Waals surface area contributed by atoms with Gasteiger partial charge in [0.15, 0.2) is 0 Å². The lowest BCUT2D eigenvalue weighted by Crippen LogP contribution is -2.40. The van der Waals surface area contributed by atoms with Crippen molar-refractivity contribution in [1.29, 1.82) is 0 Å². The highest BCUT2D eigenvalue weighted by molar-refractivity contribution is 6.07. The molecule has 0 radical (unpaired) electrons. The summed E-state index contributed by atoms with van der Waals surface area (Å²) in [4.78, 5) is 20.4. The van der Waals surface area contributed by atoms with Crippen LogP contribution in [0.15, 0.2) is 18.2 Å². The lowest BCUT2D eigenvalue weighted by Gasteiger charge is -2.32. The van der Waals surface area contributed by atoms with Gasteiger partial charge in [-0.1, -0.05) is 18.6 Å². The Hall–Kier alpha value is -1.36. The molecule has 0 bridgehead atoms. The van der Waals surface area contributed by atoms with Crippen molar-refractivity contribution in [3.63, 3.8) is 0 Å². The van der Waals surface area contributed by atoms with Gasteiger partial charge in [0.1, 0.15) is 0 Å². The average molecular weight is 438 g/mol. The van der Waals surface area contributed by atoms with Crippen molar-refractivity contribution in [2.75, 3.05) is 26.2 Å². The van der Waals surface area contributed by atoms with Gasteiger partial charge in [-0.25, -0.2) is 0 Å². The molecule has 2 heterocycles. The van der Waals surface area contributed by atoms with E-state index in [1.54, 1.807) is 0 Å². The molecule has 0 atom stereocenters. The van der Waals surface area contributed by atoms with Crippen molar-refractivity contribution < 1.29 is 4.79 Å². The van der Waals surface area contributed by atoms with Gasteiger partial charge < -0.3 is 10.2 Å². The molecule has 1 aliphatic heterocycles. The predicted octanol–water partition coefficient (Wildman–Crippen LogP) is 5.03. The van der Waals surface area contributed by atoms with Crippen LogP contribution in [0.25, 0.3) is 10.9 Å².